The topological polar surface area (TPSA) is 89.3 Å². The molecule has 2 fully saturated rings. The van der Waals surface area contributed by atoms with Gasteiger partial charge in [0.15, 0.2) is 9.84 Å². The van der Waals surface area contributed by atoms with E-state index in [-0.39, 0.29) is 28.9 Å². The lowest BCUT2D eigenvalue weighted by atomic mass is 9.94. The second-order valence-electron chi connectivity index (χ2n) is 5.49. The third-order valence-electron chi connectivity index (χ3n) is 3.91. The maximum atomic E-state index is 12.0. The Hall–Kier alpha value is -0.620. The average molecular weight is 260 g/mol. The van der Waals surface area contributed by atoms with Gasteiger partial charge in [0.2, 0.25) is 5.91 Å². The molecule has 2 unspecified atom stereocenters. The number of amides is 1. The molecule has 0 spiro atoms. The number of carbonyl (C=O) groups is 1. The number of nitrogens with two attached hydrogens (primary N) is 1. The van der Waals surface area contributed by atoms with Crippen molar-refractivity contribution in [3.8, 4) is 0 Å². The first-order valence-electron chi connectivity index (χ1n) is 6.09. The lowest BCUT2D eigenvalue weighted by molar-refractivity contribution is -0.126. The molecule has 5 nitrogen and oxygen atoms in total. The minimum Gasteiger partial charge on any atom is -0.349 e. The van der Waals surface area contributed by atoms with Gasteiger partial charge in [-0.2, -0.15) is 0 Å². The zero-order valence-electron chi connectivity index (χ0n) is 10.1. The van der Waals surface area contributed by atoms with Gasteiger partial charge in [0, 0.05) is 6.54 Å². The van der Waals surface area contributed by atoms with Gasteiger partial charge >= 0.3 is 0 Å². The van der Waals surface area contributed by atoms with E-state index in [1.165, 1.54) is 0 Å². The van der Waals surface area contributed by atoms with Crippen LogP contribution in [0.5, 0.6) is 0 Å². The molecular formula is C11H20N2O3S. The summed E-state index contributed by atoms with van der Waals surface area (Å²) in [5.41, 5.74) is 5.36. The summed E-state index contributed by atoms with van der Waals surface area (Å²) in [4.78, 5) is 12.0. The largest absolute Gasteiger partial charge is 0.349 e. The van der Waals surface area contributed by atoms with Gasteiger partial charge in [0.25, 0.3) is 0 Å². The van der Waals surface area contributed by atoms with Crippen molar-refractivity contribution in [1.82, 2.24) is 5.32 Å². The number of rotatable bonds is 4. The Morgan fingerprint density at radius 2 is 2.06 bits per heavy atom. The van der Waals surface area contributed by atoms with Gasteiger partial charge in [-0.15, -0.1) is 0 Å². The van der Waals surface area contributed by atoms with Gasteiger partial charge in [-0.3, -0.25) is 4.79 Å². The minimum absolute atomic E-state index is 0.00977. The molecule has 1 saturated carbocycles. The van der Waals surface area contributed by atoms with Crippen LogP contribution in [-0.4, -0.2) is 37.9 Å². The zero-order valence-corrected chi connectivity index (χ0v) is 10.9. The summed E-state index contributed by atoms with van der Waals surface area (Å²) in [6, 6.07) is 0. The Morgan fingerprint density at radius 3 is 2.47 bits per heavy atom. The summed E-state index contributed by atoms with van der Waals surface area (Å²) in [6.07, 6.45) is 2.63. The molecule has 3 N–H and O–H groups in total. The van der Waals surface area contributed by atoms with E-state index in [9.17, 15) is 13.2 Å². The van der Waals surface area contributed by atoms with Crippen LogP contribution < -0.4 is 11.1 Å². The summed E-state index contributed by atoms with van der Waals surface area (Å²) in [6.45, 7) is 2.36. The molecule has 1 aliphatic carbocycles. The second-order valence-corrected chi connectivity index (χ2v) is 7.71. The van der Waals surface area contributed by atoms with E-state index in [4.69, 9.17) is 5.73 Å². The second kappa shape index (κ2) is 4.24. The fourth-order valence-corrected chi connectivity index (χ4v) is 4.17. The van der Waals surface area contributed by atoms with Crippen molar-refractivity contribution in [2.75, 3.05) is 18.1 Å². The number of nitrogens with one attached hydrogen (secondary N) is 1. The molecule has 1 saturated heterocycles. The van der Waals surface area contributed by atoms with Gasteiger partial charge in [0.05, 0.1) is 23.0 Å². The van der Waals surface area contributed by atoms with Crippen LogP contribution >= 0.6 is 0 Å². The van der Waals surface area contributed by atoms with Crippen LogP contribution in [0.1, 0.15) is 26.2 Å². The third kappa shape index (κ3) is 2.80. The molecule has 0 aromatic rings. The summed E-state index contributed by atoms with van der Waals surface area (Å²) < 4.78 is 22.6. The van der Waals surface area contributed by atoms with E-state index in [1.807, 2.05) is 6.92 Å². The fourth-order valence-electron chi connectivity index (χ4n) is 2.43. The molecule has 1 aliphatic heterocycles. The molecule has 0 aromatic carbocycles. The summed E-state index contributed by atoms with van der Waals surface area (Å²) in [5.74, 6) is 0.0443. The van der Waals surface area contributed by atoms with E-state index < -0.39 is 9.84 Å². The van der Waals surface area contributed by atoms with Crippen molar-refractivity contribution in [1.29, 1.82) is 0 Å². The third-order valence-corrected chi connectivity index (χ3v) is 5.68. The van der Waals surface area contributed by atoms with Crippen LogP contribution in [0.4, 0.5) is 0 Å². The molecular weight excluding hydrogens is 240 g/mol. The molecule has 2 atom stereocenters. The van der Waals surface area contributed by atoms with E-state index in [2.05, 4.69) is 5.32 Å². The molecule has 0 radical (unpaired) electrons. The lowest BCUT2D eigenvalue weighted by Gasteiger charge is -2.30. The highest BCUT2D eigenvalue weighted by Gasteiger charge is 2.43. The summed E-state index contributed by atoms with van der Waals surface area (Å²) in [7, 11) is -3.00. The Bertz CT molecular complexity index is 416. The van der Waals surface area contributed by atoms with Crippen LogP contribution in [0, 0.1) is 11.8 Å². The predicted octanol–water partition coefficient (Wildman–Crippen LogP) is -0.335. The normalized spacial score (nSPS) is 30.8. The standard InChI is InChI=1S/C11H20N2O3S/c1-11(7-12,9-2-3-9)13-10(14)8-4-5-17(15,16)6-8/h8-9H,2-7,12H2,1H3,(H,13,14). The van der Waals surface area contributed by atoms with Crippen molar-refractivity contribution in [2.45, 2.75) is 31.7 Å². The maximum Gasteiger partial charge on any atom is 0.224 e. The average Bonchev–Trinajstić information content (AvgIpc) is 3.03. The molecule has 2 rings (SSSR count). The highest BCUT2D eigenvalue weighted by atomic mass is 32.2. The first-order valence-corrected chi connectivity index (χ1v) is 7.91. The quantitative estimate of drug-likeness (QED) is 0.724. The smallest absolute Gasteiger partial charge is 0.224 e. The first kappa shape index (κ1) is 12.8. The van der Waals surface area contributed by atoms with Crippen molar-refractivity contribution >= 4 is 15.7 Å². The molecule has 17 heavy (non-hydrogen) atoms. The monoisotopic (exact) mass is 260 g/mol. The SMILES string of the molecule is CC(CN)(NC(=O)C1CCS(=O)(=O)C1)C1CC1. The van der Waals surface area contributed by atoms with Gasteiger partial charge < -0.3 is 11.1 Å². The van der Waals surface area contributed by atoms with Crippen molar-refractivity contribution < 1.29 is 13.2 Å². The molecule has 0 aromatic heterocycles. The Balaban J connectivity index is 1.97. The van der Waals surface area contributed by atoms with Gasteiger partial charge in [-0.1, -0.05) is 0 Å². The Morgan fingerprint density at radius 1 is 1.41 bits per heavy atom. The van der Waals surface area contributed by atoms with E-state index in [0.717, 1.165) is 12.8 Å². The Labute approximate surface area is 102 Å². The zero-order chi connectivity index (χ0) is 12.7. The highest BCUT2D eigenvalue weighted by Crippen LogP contribution is 2.39. The van der Waals surface area contributed by atoms with Crippen LogP contribution in [-0.2, 0) is 14.6 Å². The van der Waals surface area contributed by atoms with Crippen LogP contribution in [0.25, 0.3) is 0 Å². The number of hydrogen-bond donors (Lipinski definition) is 2. The van der Waals surface area contributed by atoms with E-state index >= 15 is 0 Å². The van der Waals surface area contributed by atoms with Crippen LogP contribution in [0.2, 0.25) is 0 Å². The van der Waals surface area contributed by atoms with E-state index in [0.29, 0.717) is 18.9 Å². The molecule has 1 amide bonds. The van der Waals surface area contributed by atoms with Crippen molar-refractivity contribution in [2.24, 2.45) is 17.6 Å². The van der Waals surface area contributed by atoms with E-state index in [1.54, 1.807) is 0 Å². The van der Waals surface area contributed by atoms with Crippen LogP contribution in [0.15, 0.2) is 0 Å². The fraction of sp³-hybridized carbons (Fsp3) is 0.909. The Kier molecular flexibility index (Phi) is 3.20. The summed E-state index contributed by atoms with van der Waals surface area (Å²) in [5, 5.41) is 2.96. The summed E-state index contributed by atoms with van der Waals surface area (Å²) >= 11 is 0. The number of hydrogen-bond acceptors (Lipinski definition) is 4. The molecule has 6 heteroatoms. The van der Waals surface area contributed by atoms with Crippen molar-refractivity contribution in [3.63, 3.8) is 0 Å². The van der Waals surface area contributed by atoms with Gasteiger partial charge in [0.1, 0.15) is 0 Å². The molecule has 98 valence electrons. The van der Waals surface area contributed by atoms with Gasteiger partial charge in [-0.05, 0) is 32.1 Å². The maximum absolute atomic E-state index is 12.0. The minimum atomic E-state index is -3.00. The number of sulfone groups is 1. The first-order chi connectivity index (χ1) is 7.86. The highest BCUT2D eigenvalue weighted by molar-refractivity contribution is 7.91. The van der Waals surface area contributed by atoms with Crippen LogP contribution in [0.3, 0.4) is 0 Å². The van der Waals surface area contributed by atoms with Crippen molar-refractivity contribution in [3.05, 3.63) is 0 Å². The predicted molar refractivity (Wildman–Crippen MR) is 65.1 cm³/mol. The molecule has 2 aliphatic rings. The number of carbonyl (C=O) groups excluding carboxylic acids is 1. The van der Waals surface area contributed by atoms with Gasteiger partial charge in [-0.25, -0.2) is 8.42 Å². The molecule has 1 heterocycles. The lowest BCUT2D eigenvalue weighted by Crippen LogP contribution is -2.54. The molecule has 0 bridgehead atoms.